The van der Waals surface area contributed by atoms with Crippen LogP contribution in [-0.4, -0.2) is 90.3 Å². The van der Waals surface area contributed by atoms with E-state index in [-0.39, 0.29) is 24.9 Å². The van der Waals surface area contributed by atoms with E-state index in [1.54, 1.807) is 42.2 Å². The number of alkyl halides is 4. The topological polar surface area (TPSA) is 96.3 Å². The Morgan fingerprint density at radius 3 is 2.51 bits per heavy atom. The fraction of sp³-hybridized carbons (Fsp3) is 0.467. The molecule has 0 radical (unpaired) electrons. The quantitative estimate of drug-likeness (QED) is 0.240. The molecule has 1 aliphatic carbocycles. The number of nitrogens with one attached hydrogen (secondary N) is 1. The Bertz CT molecular complexity index is 1520. The van der Waals surface area contributed by atoms with Crippen molar-refractivity contribution in [1.29, 1.82) is 0 Å². The van der Waals surface area contributed by atoms with E-state index in [1.807, 2.05) is 0 Å². The van der Waals surface area contributed by atoms with Crippen LogP contribution in [0, 0.1) is 6.92 Å². The number of benzene rings is 2. The number of fused-ring (bicyclic) bond motifs is 1. The van der Waals surface area contributed by atoms with Gasteiger partial charge in [0.2, 0.25) is 0 Å². The maximum atomic E-state index is 13.6. The van der Waals surface area contributed by atoms with Crippen molar-refractivity contribution in [3.8, 4) is 5.75 Å². The predicted molar refractivity (Wildman–Crippen MR) is 152 cm³/mol. The third-order valence-corrected chi connectivity index (χ3v) is 8.27. The number of hydrogen-bond acceptors (Lipinski definition) is 7. The summed E-state index contributed by atoms with van der Waals surface area (Å²) >= 11 is 0. The number of nitrogens with zero attached hydrogens (tertiary/aromatic N) is 3. The van der Waals surface area contributed by atoms with E-state index in [9.17, 15) is 32.3 Å². The molecule has 232 valence electrons. The van der Waals surface area contributed by atoms with E-state index < -0.39 is 43.0 Å². The molecule has 2 aliphatic rings. The summed E-state index contributed by atoms with van der Waals surface area (Å²) in [5, 5.41) is 13.5. The molecule has 13 heteroatoms. The van der Waals surface area contributed by atoms with Crippen molar-refractivity contribution < 1.29 is 41.7 Å². The minimum absolute atomic E-state index is 0.185. The number of carbonyl (C=O) groups is 2. The number of halogens is 4. The molecule has 1 aliphatic heterocycles. The van der Waals surface area contributed by atoms with Gasteiger partial charge in [0, 0.05) is 73.9 Å². The second-order valence-corrected chi connectivity index (χ2v) is 11.1. The molecule has 9 nitrogen and oxygen atoms in total. The first-order valence-corrected chi connectivity index (χ1v) is 13.9. The first kappa shape index (κ1) is 30.6. The predicted octanol–water partition coefficient (Wildman–Crippen LogP) is 5.60. The highest BCUT2D eigenvalue weighted by molar-refractivity contribution is 5.96. The van der Waals surface area contributed by atoms with E-state index in [2.05, 4.69) is 10.2 Å². The zero-order valence-electron chi connectivity index (χ0n) is 24.1. The molecule has 0 bridgehead atoms. The van der Waals surface area contributed by atoms with Crippen LogP contribution in [0.1, 0.15) is 45.9 Å². The van der Waals surface area contributed by atoms with Gasteiger partial charge in [-0.3, -0.25) is 14.4 Å². The molecular formula is C30H34F4N4O5. The normalized spacial score (nSPS) is 19.4. The van der Waals surface area contributed by atoms with Crippen molar-refractivity contribution in [3.05, 3.63) is 58.8 Å². The maximum absolute atomic E-state index is 13.6. The minimum atomic E-state index is -2.77. The second-order valence-electron chi connectivity index (χ2n) is 11.1. The molecule has 2 heterocycles. The Kier molecular flexibility index (Phi) is 8.57. The Balaban J connectivity index is 1.54. The van der Waals surface area contributed by atoms with Gasteiger partial charge in [-0.15, -0.1) is 0 Å². The maximum Gasteiger partial charge on any atom is 0.416 e. The second kappa shape index (κ2) is 12.0. The number of carboxylic acid groups (broad SMARTS) is 1. The highest BCUT2D eigenvalue weighted by Gasteiger charge is 2.45. The van der Waals surface area contributed by atoms with Crippen LogP contribution in [-0.2, 0) is 11.3 Å². The molecule has 3 aromatic rings. The highest BCUT2D eigenvalue weighted by atomic mass is 19.3. The lowest BCUT2D eigenvalue weighted by atomic mass is 9.87. The van der Waals surface area contributed by atoms with Gasteiger partial charge in [0.1, 0.15) is 5.75 Å². The Labute approximate surface area is 245 Å². The van der Waals surface area contributed by atoms with Crippen LogP contribution < -0.4 is 10.1 Å². The van der Waals surface area contributed by atoms with E-state index in [4.69, 9.17) is 9.47 Å². The minimum Gasteiger partial charge on any atom is -0.496 e. The summed E-state index contributed by atoms with van der Waals surface area (Å²) in [7, 11) is 2.76. The van der Waals surface area contributed by atoms with Crippen LogP contribution in [0.15, 0.2) is 36.5 Å². The number of aromatic nitrogens is 1. The molecule has 1 aromatic heterocycles. The monoisotopic (exact) mass is 606 g/mol. The summed E-state index contributed by atoms with van der Waals surface area (Å²) in [6, 6.07) is 7.52. The molecule has 2 N–H and O–H groups in total. The molecule has 0 spiro atoms. The summed E-state index contributed by atoms with van der Waals surface area (Å²) in [6.45, 7) is 2.73. The molecule has 0 amide bonds. The number of anilines is 1. The van der Waals surface area contributed by atoms with Crippen LogP contribution >= 0.6 is 0 Å². The molecule has 5 rings (SSSR count). The molecular weight excluding hydrogens is 572 g/mol. The first-order valence-electron chi connectivity index (χ1n) is 13.9. The van der Waals surface area contributed by atoms with Crippen molar-refractivity contribution in [1.82, 2.24) is 14.4 Å². The molecule has 43 heavy (non-hydrogen) atoms. The van der Waals surface area contributed by atoms with Crippen molar-refractivity contribution in [2.24, 2.45) is 0 Å². The Hall–Kier alpha value is -3.84. The molecule has 1 saturated heterocycles. The number of rotatable bonds is 9. The average molecular weight is 607 g/mol. The zero-order chi connectivity index (χ0) is 31.1. The van der Waals surface area contributed by atoms with Crippen molar-refractivity contribution >= 4 is 28.7 Å². The van der Waals surface area contributed by atoms with E-state index in [0.717, 1.165) is 15.7 Å². The van der Waals surface area contributed by atoms with E-state index in [0.29, 0.717) is 47.5 Å². The van der Waals surface area contributed by atoms with Crippen LogP contribution in [0.5, 0.6) is 5.75 Å². The number of carbonyl (C=O) groups excluding carboxylic acids is 1. The van der Waals surface area contributed by atoms with Gasteiger partial charge in [0.25, 0.3) is 12.3 Å². The van der Waals surface area contributed by atoms with Gasteiger partial charge in [-0.1, -0.05) is 6.07 Å². The van der Waals surface area contributed by atoms with Gasteiger partial charge >= 0.3 is 12.1 Å². The van der Waals surface area contributed by atoms with Crippen LogP contribution in [0.25, 0.3) is 10.9 Å². The van der Waals surface area contributed by atoms with Gasteiger partial charge in [-0.05, 0) is 42.3 Å². The standard InChI is InChI=1S/C30H34F4N4O5/c1-17-10-25(42-2)22(20-6-7-38(27(17)20)29(40)41)14-37-9-8-36(16-26(31)32)15-24(37)18-4-5-21(28(39)43-3)23(11-18)35-19-12-30(33,34)13-19/h4-7,10-11,19,24,26,35H,8-9,12-16H2,1-3H3,(H,40,41). The highest BCUT2D eigenvalue weighted by Crippen LogP contribution is 2.41. The molecule has 1 unspecified atom stereocenters. The van der Waals surface area contributed by atoms with E-state index >= 15 is 0 Å². The molecule has 1 saturated carbocycles. The van der Waals surface area contributed by atoms with Crippen LogP contribution in [0.2, 0.25) is 0 Å². The summed E-state index contributed by atoms with van der Waals surface area (Å²) < 4.78 is 65.8. The van der Waals surface area contributed by atoms with Crippen molar-refractivity contribution in [2.45, 2.75) is 50.7 Å². The summed E-state index contributed by atoms with van der Waals surface area (Å²) in [5.74, 6) is -2.83. The van der Waals surface area contributed by atoms with Crippen molar-refractivity contribution in [3.63, 3.8) is 0 Å². The zero-order valence-corrected chi connectivity index (χ0v) is 24.1. The van der Waals surface area contributed by atoms with Gasteiger partial charge in [0.15, 0.2) is 0 Å². The van der Waals surface area contributed by atoms with Crippen molar-refractivity contribution in [2.75, 3.05) is 45.7 Å². The summed E-state index contributed by atoms with van der Waals surface area (Å²) in [5.41, 5.74) is 3.22. The van der Waals surface area contributed by atoms with Crippen LogP contribution in [0.3, 0.4) is 0 Å². The lowest BCUT2D eigenvalue weighted by Crippen LogP contribution is -2.49. The van der Waals surface area contributed by atoms with Gasteiger partial charge in [-0.2, -0.15) is 0 Å². The smallest absolute Gasteiger partial charge is 0.416 e. The summed E-state index contributed by atoms with van der Waals surface area (Å²) in [6.07, 6.45) is -2.90. The van der Waals surface area contributed by atoms with Crippen LogP contribution in [0.4, 0.5) is 28.0 Å². The number of hydrogen-bond donors (Lipinski definition) is 2. The summed E-state index contributed by atoms with van der Waals surface area (Å²) in [4.78, 5) is 28.2. The van der Waals surface area contributed by atoms with E-state index in [1.165, 1.54) is 20.4 Å². The number of piperazine rings is 1. The number of esters is 1. The lowest BCUT2D eigenvalue weighted by Gasteiger charge is -2.42. The SMILES string of the molecule is COC(=O)c1ccc(C2CN(CC(F)F)CCN2Cc2c(OC)cc(C)c3c2ccn3C(=O)O)cc1NC1CC(F)(F)C1. The third kappa shape index (κ3) is 6.28. The molecule has 2 aromatic carbocycles. The fourth-order valence-electron chi connectivity index (χ4n) is 6.17. The Morgan fingerprint density at radius 1 is 1.14 bits per heavy atom. The largest absolute Gasteiger partial charge is 0.496 e. The number of aryl methyl sites for hydroxylation is 1. The fourth-order valence-corrected chi connectivity index (χ4v) is 6.17. The van der Waals surface area contributed by atoms with Gasteiger partial charge in [0.05, 0.1) is 31.8 Å². The molecule has 1 atom stereocenters. The first-order chi connectivity index (χ1) is 20.4. The number of methoxy groups -OCH3 is 2. The lowest BCUT2D eigenvalue weighted by molar-refractivity contribution is -0.0793. The average Bonchev–Trinajstić information content (AvgIpc) is 3.40. The van der Waals surface area contributed by atoms with Gasteiger partial charge < -0.3 is 19.9 Å². The van der Waals surface area contributed by atoms with Gasteiger partial charge in [-0.25, -0.2) is 27.2 Å². The number of ether oxygens (including phenoxy) is 2. The molecule has 2 fully saturated rings. The third-order valence-electron chi connectivity index (χ3n) is 8.27. The Morgan fingerprint density at radius 2 is 1.88 bits per heavy atom.